The highest BCUT2D eigenvalue weighted by molar-refractivity contribution is 5.73. The average Bonchev–Trinajstić information content (AvgIpc) is 2.66. The maximum absolute atomic E-state index is 12.7. The van der Waals surface area contributed by atoms with E-state index in [0.29, 0.717) is 5.69 Å². The van der Waals surface area contributed by atoms with Crippen molar-refractivity contribution < 1.29 is 9.18 Å². The van der Waals surface area contributed by atoms with Crippen LogP contribution in [-0.2, 0) is 11.3 Å². The number of rotatable bonds is 3. The summed E-state index contributed by atoms with van der Waals surface area (Å²) in [5.74, 6) is -0.719. The van der Waals surface area contributed by atoms with Crippen molar-refractivity contribution in [3.05, 3.63) is 42.6 Å². The summed E-state index contributed by atoms with van der Waals surface area (Å²) in [5, 5.41) is 0. The molecule has 2 rings (SSSR count). The molecule has 1 aromatic carbocycles. The fourth-order valence-corrected chi connectivity index (χ4v) is 1.40. The molecule has 0 aliphatic carbocycles. The molecule has 0 saturated heterocycles. The van der Waals surface area contributed by atoms with Crippen LogP contribution in [-0.4, -0.2) is 15.5 Å². The molecule has 0 bridgehead atoms. The Morgan fingerprint density at radius 1 is 1.38 bits per heavy atom. The first kappa shape index (κ1) is 10.4. The van der Waals surface area contributed by atoms with E-state index in [0.717, 1.165) is 5.56 Å². The number of nitrogens with two attached hydrogens (primary N) is 1. The third kappa shape index (κ3) is 2.25. The molecule has 16 heavy (non-hydrogen) atoms. The predicted molar refractivity (Wildman–Crippen MR) is 56.8 cm³/mol. The maximum atomic E-state index is 12.7. The minimum Gasteiger partial charge on any atom is -0.368 e. The van der Waals surface area contributed by atoms with Gasteiger partial charge in [-0.25, -0.2) is 9.37 Å². The van der Waals surface area contributed by atoms with Crippen molar-refractivity contribution in [2.75, 3.05) is 0 Å². The van der Waals surface area contributed by atoms with Gasteiger partial charge in [-0.2, -0.15) is 0 Å². The first-order valence-electron chi connectivity index (χ1n) is 4.71. The van der Waals surface area contributed by atoms with Crippen molar-refractivity contribution in [1.82, 2.24) is 9.55 Å². The Bertz CT molecular complexity index is 504. The van der Waals surface area contributed by atoms with E-state index in [-0.39, 0.29) is 12.4 Å². The highest BCUT2D eigenvalue weighted by Gasteiger charge is 2.03. The van der Waals surface area contributed by atoms with Gasteiger partial charge in [0.1, 0.15) is 12.4 Å². The fourth-order valence-electron chi connectivity index (χ4n) is 1.40. The summed E-state index contributed by atoms with van der Waals surface area (Å²) in [6, 6.07) is 5.99. The Hall–Kier alpha value is -2.17. The van der Waals surface area contributed by atoms with Crippen LogP contribution in [0.1, 0.15) is 0 Å². The van der Waals surface area contributed by atoms with Crippen molar-refractivity contribution in [1.29, 1.82) is 0 Å². The largest absolute Gasteiger partial charge is 0.368 e. The Balaban J connectivity index is 2.24. The number of halogens is 1. The van der Waals surface area contributed by atoms with Crippen molar-refractivity contribution in [3.8, 4) is 11.3 Å². The molecule has 0 radical (unpaired) electrons. The number of hydrogen-bond acceptors (Lipinski definition) is 2. The molecule has 1 aromatic heterocycles. The number of hydrogen-bond donors (Lipinski definition) is 1. The molecule has 0 aliphatic rings. The van der Waals surface area contributed by atoms with Gasteiger partial charge in [0.25, 0.3) is 0 Å². The quantitative estimate of drug-likeness (QED) is 0.842. The molecule has 0 aliphatic heterocycles. The first-order chi connectivity index (χ1) is 7.65. The number of primary amides is 1. The lowest BCUT2D eigenvalue weighted by molar-refractivity contribution is -0.118. The zero-order valence-corrected chi connectivity index (χ0v) is 8.43. The molecule has 0 fully saturated rings. The molecular weight excluding hydrogens is 209 g/mol. The third-order valence-electron chi connectivity index (χ3n) is 2.11. The number of aromatic nitrogens is 2. The zero-order chi connectivity index (χ0) is 11.5. The van der Waals surface area contributed by atoms with E-state index in [9.17, 15) is 9.18 Å². The Morgan fingerprint density at radius 2 is 2.06 bits per heavy atom. The van der Waals surface area contributed by atoms with Crippen LogP contribution in [0.25, 0.3) is 11.3 Å². The van der Waals surface area contributed by atoms with Crippen molar-refractivity contribution in [2.24, 2.45) is 5.73 Å². The van der Waals surface area contributed by atoms with Gasteiger partial charge in [-0.1, -0.05) is 0 Å². The summed E-state index contributed by atoms with van der Waals surface area (Å²) >= 11 is 0. The number of nitrogens with zero attached hydrogens (tertiary/aromatic N) is 2. The number of carbonyl (C=O) groups excluding carboxylic acids is 1. The van der Waals surface area contributed by atoms with E-state index in [1.807, 2.05) is 0 Å². The first-order valence-corrected chi connectivity index (χ1v) is 4.71. The number of benzene rings is 1. The summed E-state index contributed by atoms with van der Waals surface area (Å²) in [5.41, 5.74) is 6.53. The molecule has 4 nitrogen and oxygen atoms in total. The smallest absolute Gasteiger partial charge is 0.237 e. The van der Waals surface area contributed by atoms with Crippen molar-refractivity contribution in [2.45, 2.75) is 6.54 Å². The second-order valence-electron chi connectivity index (χ2n) is 3.40. The SMILES string of the molecule is NC(=O)Cn1cnc(-c2ccc(F)cc2)c1. The minimum atomic E-state index is -0.428. The molecule has 2 N–H and O–H groups in total. The molecule has 0 atom stereocenters. The molecule has 2 aromatic rings. The van der Waals surface area contributed by atoms with E-state index in [4.69, 9.17) is 5.73 Å². The molecule has 1 heterocycles. The van der Waals surface area contributed by atoms with Gasteiger partial charge in [-0.3, -0.25) is 4.79 Å². The van der Waals surface area contributed by atoms with Crippen LogP contribution in [0.15, 0.2) is 36.8 Å². The van der Waals surface area contributed by atoms with Gasteiger partial charge in [-0.15, -0.1) is 0 Å². The standard InChI is InChI=1S/C11H10FN3O/c12-9-3-1-8(2-4-9)10-5-15(7-14-10)6-11(13)16/h1-5,7H,6H2,(H2,13,16). The molecule has 1 amide bonds. The number of carbonyl (C=O) groups is 1. The summed E-state index contributed by atoms with van der Waals surface area (Å²) in [6.45, 7) is 0.0915. The lowest BCUT2D eigenvalue weighted by Gasteiger charge is -1.96. The fraction of sp³-hybridized carbons (Fsp3) is 0.0909. The molecule has 0 spiro atoms. The normalized spacial score (nSPS) is 10.3. The van der Waals surface area contributed by atoms with Crippen LogP contribution in [0.2, 0.25) is 0 Å². The van der Waals surface area contributed by atoms with Crippen LogP contribution in [0.5, 0.6) is 0 Å². The van der Waals surface area contributed by atoms with E-state index < -0.39 is 5.91 Å². The monoisotopic (exact) mass is 219 g/mol. The van der Waals surface area contributed by atoms with E-state index in [2.05, 4.69) is 4.98 Å². The molecular formula is C11H10FN3O. The zero-order valence-electron chi connectivity index (χ0n) is 8.43. The van der Waals surface area contributed by atoms with Gasteiger partial charge >= 0.3 is 0 Å². The summed E-state index contributed by atoms with van der Waals surface area (Å²) < 4.78 is 14.3. The molecule has 0 saturated carbocycles. The van der Waals surface area contributed by atoms with Gasteiger partial charge in [0.15, 0.2) is 0 Å². The molecule has 5 heteroatoms. The van der Waals surface area contributed by atoms with Crippen LogP contribution < -0.4 is 5.73 Å². The summed E-state index contributed by atoms with van der Waals surface area (Å²) in [4.78, 5) is 14.8. The van der Waals surface area contributed by atoms with E-state index in [1.54, 1.807) is 22.9 Å². The van der Waals surface area contributed by atoms with Gasteiger partial charge in [0, 0.05) is 11.8 Å². The lowest BCUT2D eigenvalue weighted by atomic mass is 10.2. The van der Waals surface area contributed by atoms with Crippen LogP contribution in [0.4, 0.5) is 4.39 Å². The highest BCUT2D eigenvalue weighted by atomic mass is 19.1. The summed E-state index contributed by atoms with van der Waals surface area (Å²) in [7, 11) is 0. The average molecular weight is 219 g/mol. The highest BCUT2D eigenvalue weighted by Crippen LogP contribution is 2.16. The maximum Gasteiger partial charge on any atom is 0.237 e. The second-order valence-corrected chi connectivity index (χ2v) is 3.40. The van der Waals surface area contributed by atoms with Crippen LogP contribution in [0, 0.1) is 5.82 Å². The number of amides is 1. The van der Waals surface area contributed by atoms with E-state index in [1.165, 1.54) is 18.5 Å². The Labute approximate surface area is 91.5 Å². The van der Waals surface area contributed by atoms with Gasteiger partial charge < -0.3 is 10.3 Å². The summed E-state index contributed by atoms with van der Waals surface area (Å²) in [6.07, 6.45) is 3.21. The lowest BCUT2D eigenvalue weighted by Crippen LogP contribution is -2.17. The van der Waals surface area contributed by atoms with Gasteiger partial charge in [0.2, 0.25) is 5.91 Å². The van der Waals surface area contributed by atoms with Gasteiger partial charge in [-0.05, 0) is 24.3 Å². The van der Waals surface area contributed by atoms with Gasteiger partial charge in [0.05, 0.1) is 12.0 Å². The van der Waals surface area contributed by atoms with Crippen molar-refractivity contribution >= 4 is 5.91 Å². The second kappa shape index (κ2) is 4.14. The molecule has 82 valence electrons. The minimum absolute atomic E-state index is 0.0915. The third-order valence-corrected chi connectivity index (χ3v) is 2.11. The number of imidazole rings is 1. The Morgan fingerprint density at radius 3 is 2.69 bits per heavy atom. The van der Waals surface area contributed by atoms with Crippen molar-refractivity contribution in [3.63, 3.8) is 0 Å². The van der Waals surface area contributed by atoms with E-state index >= 15 is 0 Å². The van der Waals surface area contributed by atoms with Crippen LogP contribution in [0.3, 0.4) is 0 Å². The molecule has 0 unspecified atom stereocenters. The Kier molecular flexibility index (Phi) is 2.68. The topological polar surface area (TPSA) is 60.9 Å². The van der Waals surface area contributed by atoms with Crippen LogP contribution >= 0.6 is 0 Å². The predicted octanol–water partition coefficient (Wildman–Crippen LogP) is 1.17.